The summed E-state index contributed by atoms with van der Waals surface area (Å²) >= 11 is 0. The molecule has 4 heteroatoms. The maximum Gasteiger partial charge on any atom is 0.129 e. The summed E-state index contributed by atoms with van der Waals surface area (Å²) in [5, 5.41) is 3.33. The molecule has 1 aliphatic rings. The van der Waals surface area contributed by atoms with Gasteiger partial charge in [-0.15, -0.1) is 0 Å². The largest absolute Gasteiger partial charge is 0.462 e. The van der Waals surface area contributed by atoms with Gasteiger partial charge < -0.3 is 19.2 Å². The summed E-state index contributed by atoms with van der Waals surface area (Å²) in [5.74, 6) is 1.89. The van der Waals surface area contributed by atoms with Crippen molar-refractivity contribution in [2.45, 2.75) is 71.5 Å². The van der Waals surface area contributed by atoms with Crippen LogP contribution in [0.4, 0.5) is 0 Å². The standard InChI is InChI=1S/C16H27NO3/c1-4-7-17-10-14-5-6-15(20-14)11-18-16-8-12(2)19-13(3)9-16/h5-6,12-13,16-17H,4,7-11H2,1-3H3. The molecule has 4 nitrogen and oxygen atoms in total. The van der Waals surface area contributed by atoms with Crippen LogP contribution < -0.4 is 5.32 Å². The minimum atomic E-state index is 0.278. The molecule has 0 bridgehead atoms. The summed E-state index contributed by atoms with van der Waals surface area (Å²) in [7, 11) is 0. The zero-order valence-corrected chi connectivity index (χ0v) is 12.9. The topological polar surface area (TPSA) is 43.6 Å². The van der Waals surface area contributed by atoms with Gasteiger partial charge in [-0.3, -0.25) is 0 Å². The first-order chi connectivity index (χ1) is 9.67. The SMILES string of the molecule is CCCNCc1ccc(COC2CC(C)OC(C)C2)o1. The van der Waals surface area contributed by atoms with Crippen LogP contribution in [0.2, 0.25) is 0 Å². The lowest BCUT2D eigenvalue weighted by Crippen LogP contribution is -2.33. The number of hydrogen-bond donors (Lipinski definition) is 1. The van der Waals surface area contributed by atoms with Crippen molar-refractivity contribution in [3.05, 3.63) is 23.7 Å². The molecule has 0 aromatic carbocycles. The van der Waals surface area contributed by atoms with Crippen LogP contribution in [0.25, 0.3) is 0 Å². The van der Waals surface area contributed by atoms with E-state index in [9.17, 15) is 0 Å². The van der Waals surface area contributed by atoms with E-state index in [1.807, 2.05) is 12.1 Å². The van der Waals surface area contributed by atoms with Gasteiger partial charge in [0.25, 0.3) is 0 Å². The fourth-order valence-electron chi connectivity index (χ4n) is 2.66. The molecular weight excluding hydrogens is 254 g/mol. The molecule has 2 unspecified atom stereocenters. The molecule has 1 fully saturated rings. The van der Waals surface area contributed by atoms with Crippen molar-refractivity contribution < 1.29 is 13.9 Å². The first-order valence-electron chi connectivity index (χ1n) is 7.72. The van der Waals surface area contributed by atoms with E-state index in [0.717, 1.165) is 43.9 Å². The fraction of sp³-hybridized carbons (Fsp3) is 0.750. The number of rotatable bonds is 7. The summed E-state index contributed by atoms with van der Waals surface area (Å²) in [5.41, 5.74) is 0. The van der Waals surface area contributed by atoms with Crippen LogP contribution in [0.5, 0.6) is 0 Å². The van der Waals surface area contributed by atoms with Crippen LogP contribution in [-0.4, -0.2) is 24.9 Å². The quantitative estimate of drug-likeness (QED) is 0.779. The molecule has 20 heavy (non-hydrogen) atoms. The van der Waals surface area contributed by atoms with E-state index in [2.05, 4.69) is 26.1 Å². The maximum absolute atomic E-state index is 5.95. The molecule has 0 amide bonds. The van der Waals surface area contributed by atoms with Gasteiger partial charge in [-0.25, -0.2) is 0 Å². The van der Waals surface area contributed by atoms with Gasteiger partial charge in [-0.1, -0.05) is 6.92 Å². The number of furan rings is 1. The average Bonchev–Trinajstić information content (AvgIpc) is 2.84. The molecular formula is C16H27NO3. The van der Waals surface area contributed by atoms with E-state index in [1.54, 1.807) is 0 Å². The highest BCUT2D eigenvalue weighted by atomic mass is 16.5. The third-order valence-corrected chi connectivity index (χ3v) is 3.56. The molecule has 0 radical (unpaired) electrons. The molecule has 2 atom stereocenters. The van der Waals surface area contributed by atoms with Crippen molar-refractivity contribution >= 4 is 0 Å². The molecule has 0 spiro atoms. The molecule has 1 aromatic heterocycles. The number of hydrogen-bond acceptors (Lipinski definition) is 4. The molecule has 1 aromatic rings. The second kappa shape index (κ2) is 7.81. The lowest BCUT2D eigenvalue weighted by molar-refractivity contribution is -0.108. The predicted molar refractivity (Wildman–Crippen MR) is 78.5 cm³/mol. The van der Waals surface area contributed by atoms with Crippen molar-refractivity contribution in [2.24, 2.45) is 0 Å². The summed E-state index contributed by atoms with van der Waals surface area (Å²) in [4.78, 5) is 0. The van der Waals surface area contributed by atoms with Gasteiger partial charge in [0.1, 0.15) is 18.1 Å². The Balaban J connectivity index is 1.73. The second-order valence-electron chi connectivity index (χ2n) is 5.71. The van der Waals surface area contributed by atoms with E-state index >= 15 is 0 Å². The molecule has 114 valence electrons. The predicted octanol–water partition coefficient (Wildman–Crippen LogP) is 3.25. The minimum Gasteiger partial charge on any atom is -0.462 e. The van der Waals surface area contributed by atoms with Gasteiger partial charge in [0, 0.05) is 0 Å². The first-order valence-corrected chi connectivity index (χ1v) is 7.72. The fourth-order valence-corrected chi connectivity index (χ4v) is 2.66. The Bertz CT molecular complexity index is 381. The highest BCUT2D eigenvalue weighted by molar-refractivity contribution is 5.06. The lowest BCUT2D eigenvalue weighted by atomic mass is 10.0. The Hall–Kier alpha value is -0.840. The lowest BCUT2D eigenvalue weighted by Gasteiger charge is -2.31. The van der Waals surface area contributed by atoms with Crippen LogP contribution >= 0.6 is 0 Å². The Labute approximate surface area is 121 Å². The molecule has 1 N–H and O–H groups in total. The molecule has 0 saturated carbocycles. The average molecular weight is 281 g/mol. The van der Waals surface area contributed by atoms with Gasteiger partial charge in [0.2, 0.25) is 0 Å². The highest BCUT2D eigenvalue weighted by Gasteiger charge is 2.25. The smallest absolute Gasteiger partial charge is 0.129 e. The van der Waals surface area contributed by atoms with Crippen LogP contribution in [0.1, 0.15) is 51.6 Å². The molecule has 0 aliphatic carbocycles. The van der Waals surface area contributed by atoms with Gasteiger partial charge in [-0.2, -0.15) is 0 Å². The zero-order valence-electron chi connectivity index (χ0n) is 12.9. The van der Waals surface area contributed by atoms with Crippen LogP contribution in [0.3, 0.4) is 0 Å². The summed E-state index contributed by atoms with van der Waals surface area (Å²) < 4.78 is 17.4. The normalized spacial score (nSPS) is 26.9. The van der Waals surface area contributed by atoms with Gasteiger partial charge in [0.05, 0.1) is 24.9 Å². The van der Waals surface area contributed by atoms with Gasteiger partial charge in [-0.05, 0) is 51.8 Å². The molecule has 1 aliphatic heterocycles. The Kier molecular flexibility index (Phi) is 6.07. The van der Waals surface area contributed by atoms with Crippen molar-refractivity contribution in [1.29, 1.82) is 0 Å². The highest BCUT2D eigenvalue weighted by Crippen LogP contribution is 2.22. The minimum absolute atomic E-state index is 0.278. The third-order valence-electron chi connectivity index (χ3n) is 3.56. The monoisotopic (exact) mass is 281 g/mol. The van der Waals surface area contributed by atoms with E-state index in [4.69, 9.17) is 13.9 Å². The summed E-state index contributed by atoms with van der Waals surface area (Å²) in [6, 6.07) is 4.03. The summed E-state index contributed by atoms with van der Waals surface area (Å²) in [6.45, 7) is 8.73. The van der Waals surface area contributed by atoms with Crippen molar-refractivity contribution in [3.63, 3.8) is 0 Å². The Morgan fingerprint density at radius 2 is 1.90 bits per heavy atom. The van der Waals surface area contributed by atoms with E-state index in [-0.39, 0.29) is 18.3 Å². The van der Waals surface area contributed by atoms with E-state index in [0.29, 0.717) is 6.61 Å². The first kappa shape index (κ1) is 15.5. The number of nitrogens with one attached hydrogen (secondary N) is 1. The van der Waals surface area contributed by atoms with E-state index < -0.39 is 0 Å². The van der Waals surface area contributed by atoms with Crippen molar-refractivity contribution in [3.8, 4) is 0 Å². The second-order valence-corrected chi connectivity index (χ2v) is 5.71. The van der Waals surface area contributed by atoms with Crippen molar-refractivity contribution in [1.82, 2.24) is 5.32 Å². The van der Waals surface area contributed by atoms with Crippen molar-refractivity contribution in [2.75, 3.05) is 6.54 Å². The Morgan fingerprint density at radius 1 is 1.20 bits per heavy atom. The molecule has 2 rings (SSSR count). The van der Waals surface area contributed by atoms with Crippen LogP contribution in [-0.2, 0) is 22.6 Å². The van der Waals surface area contributed by atoms with E-state index in [1.165, 1.54) is 0 Å². The Morgan fingerprint density at radius 3 is 2.60 bits per heavy atom. The van der Waals surface area contributed by atoms with Crippen LogP contribution in [0, 0.1) is 0 Å². The van der Waals surface area contributed by atoms with Gasteiger partial charge in [0.15, 0.2) is 0 Å². The van der Waals surface area contributed by atoms with Crippen LogP contribution in [0.15, 0.2) is 16.5 Å². The summed E-state index contributed by atoms with van der Waals surface area (Å²) in [6.07, 6.45) is 3.92. The van der Waals surface area contributed by atoms with Gasteiger partial charge >= 0.3 is 0 Å². The zero-order chi connectivity index (χ0) is 14.4. The third kappa shape index (κ3) is 4.93. The molecule has 1 saturated heterocycles. The number of ether oxygens (including phenoxy) is 2. The maximum atomic E-state index is 5.95. The molecule has 2 heterocycles.